The number of pyridine rings is 1. The van der Waals surface area contributed by atoms with Gasteiger partial charge >= 0.3 is 0 Å². The van der Waals surface area contributed by atoms with Crippen molar-refractivity contribution in [2.45, 2.75) is 46.0 Å². The molecule has 0 atom stereocenters. The summed E-state index contributed by atoms with van der Waals surface area (Å²) in [5.41, 5.74) is 4.59. The van der Waals surface area contributed by atoms with Crippen molar-refractivity contribution in [3.8, 4) is 0 Å². The van der Waals surface area contributed by atoms with E-state index in [-0.39, 0.29) is 35.8 Å². The third kappa shape index (κ3) is 9.89. The van der Waals surface area contributed by atoms with Crippen LogP contribution in [0.25, 0.3) is 0 Å². The van der Waals surface area contributed by atoms with E-state index in [2.05, 4.69) is 22.2 Å². The molecule has 0 bridgehead atoms. The zero-order valence-electron chi connectivity index (χ0n) is 20.5. The molecule has 1 aromatic rings. The molecule has 0 aliphatic carbocycles. The van der Waals surface area contributed by atoms with E-state index in [0.29, 0.717) is 31.2 Å². The Morgan fingerprint density at radius 1 is 1.25 bits per heavy atom. The van der Waals surface area contributed by atoms with Crippen molar-refractivity contribution in [1.82, 2.24) is 10.3 Å². The first-order chi connectivity index (χ1) is 17.2. The van der Waals surface area contributed by atoms with Crippen molar-refractivity contribution in [3.63, 3.8) is 0 Å². The summed E-state index contributed by atoms with van der Waals surface area (Å²) >= 11 is 0. The molecule has 0 spiro atoms. The van der Waals surface area contributed by atoms with E-state index in [4.69, 9.17) is 5.73 Å². The predicted octanol–water partition coefficient (Wildman–Crippen LogP) is 5.42. The van der Waals surface area contributed by atoms with Gasteiger partial charge in [-0.25, -0.2) is 22.5 Å². The number of carbonyl (C=O) groups is 2. The first-order valence-corrected chi connectivity index (χ1v) is 11.4. The quantitative estimate of drug-likeness (QED) is 0.120. The number of allylic oxidation sites excluding steroid dienone is 6. The molecular formula is C26H32F4N4O2. The first kappa shape index (κ1) is 30.3. The maximum atomic E-state index is 14.5. The van der Waals surface area contributed by atoms with Crippen LogP contribution in [0.4, 0.5) is 23.4 Å². The van der Waals surface area contributed by atoms with E-state index < -0.39 is 35.7 Å². The number of halogens is 4. The number of primary amides is 1. The summed E-state index contributed by atoms with van der Waals surface area (Å²) in [7, 11) is 0. The Morgan fingerprint density at radius 2 is 1.97 bits per heavy atom. The van der Waals surface area contributed by atoms with E-state index in [0.717, 1.165) is 12.2 Å². The Morgan fingerprint density at radius 3 is 2.56 bits per heavy atom. The van der Waals surface area contributed by atoms with Crippen molar-refractivity contribution in [3.05, 3.63) is 83.1 Å². The number of nitrogens with one attached hydrogen (secondary N) is 2. The zero-order valence-corrected chi connectivity index (χ0v) is 20.5. The van der Waals surface area contributed by atoms with E-state index in [9.17, 15) is 27.2 Å². The molecule has 1 aromatic heterocycles. The van der Waals surface area contributed by atoms with Crippen LogP contribution in [0.3, 0.4) is 0 Å². The Hall–Kier alpha value is -3.69. The number of hydrogen-bond donors (Lipinski definition) is 3. The standard InChI is InChI=1S/C26H32F4N4O2/c1-4-6-12-20(28)22(5-2)34-24(21(29)15-27)19(25(31)36)11-9-7-8-10-18-13-14-32-26(23(18)30)33-16-17(3)35/h5-6,11-14,34H,2,4,7-10,15-16H2,1,3H3,(H2,31,36)(H,32,33)/b12-6-,19-11?,22-20-,24-21-. The van der Waals surface area contributed by atoms with Gasteiger partial charge in [0.1, 0.15) is 18.3 Å². The molecule has 0 fully saturated rings. The van der Waals surface area contributed by atoms with Gasteiger partial charge in [0, 0.05) is 6.20 Å². The highest BCUT2D eigenvalue weighted by atomic mass is 19.2. The van der Waals surface area contributed by atoms with Crippen molar-refractivity contribution in [1.29, 1.82) is 0 Å². The van der Waals surface area contributed by atoms with Gasteiger partial charge in [-0.1, -0.05) is 25.7 Å². The van der Waals surface area contributed by atoms with Crippen LogP contribution in [0, 0.1) is 5.82 Å². The number of rotatable bonds is 16. The molecule has 1 amide bonds. The topological polar surface area (TPSA) is 97.1 Å². The summed E-state index contributed by atoms with van der Waals surface area (Å²) in [4.78, 5) is 27.0. The minimum atomic E-state index is -1.54. The molecule has 1 rings (SSSR count). The number of aromatic nitrogens is 1. The van der Waals surface area contributed by atoms with Gasteiger partial charge in [-0.2, -0.15) is 0 Å². The van der Waals surface area contributed by atoms with Gasteiger partial charge in [0.2, 0.25) is 0 Å². The molecule has 36 heavy (non-hydrogen) atoms. The monoisotopic (exact) mass is 508 g/mol. The number of Topliss-reactive ketones (excluding diaryl/α,β-unsaturated/α-hetero) is 1. The molecule has 1 heterocycles. The van der Waals surface area contributed by atoms with Gasteiger partial charge in [-0.3, -0.25) is 9.59 Å². The van der Waals surface area contributed by atoms with Crippen molar-refractivity contribution in [2.24, 2.45) is 5.73 Å². The molecule has 0 saturated heterocycles. The molecule has 0 unspecified atom stereocenters. The number of nitrogens with two attached hydrogens (primary N) is 1. The second-order valence-electron chi connectivity index (χ2n) is 7.73. The van der Waals surface area contributed by atoms with Gasteiger partial charge in [-0.15, -0.1) is 0 Å². The summed E-state index contributed by atoms with van der Waals surface area (Å²) < 4.78 is 56.4. The van der Waals surface area contributed by atoms with Crippen LogP contribution in [-0.4, -0.2) is 29.9 Å². The summed E-state index contributed by atoms with van der Waals surface area (Å²) in [6.45, 7) is 5.03. The summed E-state index contributed by atoms with van der Waals surface area (Å²) in [5.74, 6) is -3.88. The van der Waals surface area contributed by atoms with Gasteiger partial charge in [0.25, 0.3) is 5.91 Å². The number of unbranched alkanes of at least 4 members (excludes halogenated alkanes) is 2. The maximum absolute atomic E-state index is 14.5. The molecule has 10 heteroatoms. The average Bonchev–Trinajstić information content (AvgIpc) is 2.85. The predicted molar refractivity (Wildman–Crippen MR) is 133 cm³/mol. The molecule has 0 aliphatic rings. The molecule has 6 nitrogen and oxygen atoms in total. The lowest BCUT2D eigenvalue weighted by atomic mass is 10.0. The Kier molecular flexibility index (Phi) is 13.5. The fourth-order valence-corrected chi connectivity index (χ4v) is 3.04. The maximum Gasteiger partial charge on any atom is 0.250 e. The van der Waals surface area contributed by atoms with Crippen LogP contribution in [0.5, 0.6) is 0 Å². The minimum absolute atomic E-state index is 0.0201. The molecule has 0 radical (unpaired) electrons. The first-order valence-electron chi connectivity index (χ1n) is 11.4. The number of anilines is 1. The number of amides is 1. The number of ketones is 1. The highest BCUT2D eigenvalue weighted by Crippen LogP contribution is 2.21. The normalized spacial score (nSPS) is 13.2. The largest absolute Gasteiger partial charge is 0.366 e. The Balaban J connectivity index is 2.98. The highest BCUT2D eigenvalue weighted by Gasteiger charge is 2.19. The fourth-order valence-electron chi connectivity index (χ4n) is 3.04. The smallest absolute Gasteiger partial charge is 0.250 e. The minimum Gasteiger partial charge on any atom is -0.366 e. The van der Waals surface area contributed by atoms with E-state index >= 15 is 0 Å². The van der Waals surface area contributed by atoms with Gasteiger partial charge in [-0.05, 0) is 62.8 Å². The molecule has 0 saturated carbocycles. The third-order valence-electron chi connectivity index (χ3n) is 4.87. The lowest BCUT2D eigenvalue weighted by molar-refractivity contribution is -0.115. The lowest BCUT2D eigenvalue weighted by Crippen LogP contribution is -2.24. The summed E-state index contributed by atoms with van der Waals surface area (Å²) in [6.07, 6.45) is 8.54. The van der Waals surface area contributed by atoms with Gasteiger partial charge in [0.15, 0.2) is 17.5 Å². The second-order valence-corrected chi connectivity index (χ2v) is 7.73. The van der Waals surface area contributed by atoms with Crippen LogP contribution in [0.1, 0.15) is 45.1 Å². The van der Waals surface area contributed by atoms with Crippen LogP contribution in [0.15, 0.2) is 71.8 Å². The number of alkyl halides is 1. The van der Waals surface area contributed by atoms with E-state index in [1.165, 1.54) is 31.3 Å². The SMILES string of the molecule is C=C/C(N/C(C(=CCCCCc1ccnc(NCC(C)=O)c1F)C(N)=O)=C(\F)CF)=C(F)\C=C/CC. The molecule has 0 aromatic carbocycles. The van der Waals surface area contributed by atoms with Crippen LogP contribution in [-0.2, 0) is 16.0 Å². The highest BCUT2D eigenvalue weighted by molar-refractivity contribution is 5.96. The Bertz CT molecular complexity index is 1060. The average molecular weight is 509 g/mol. The molecule has 196 valence electrons. The van der Waals surface area contributed by atoms with E-state index in [1.807, 2.05) is 0 Å². The second kappa shape index (κ2) is 16.1. The van der Waals surface area contributed by atoms with Crippen molar-refractivity contribution < 1.29 is 27.2 Å². The van der Waals surface area contributed by atoms with E-state index in [1.54, 1.807) is 6.92 Å². The zero-order chi connectivity index (χ0) is 27.1. The van der Waals surface area contributed by atoms with Gasteiger partial charge < -0.3 is 16.4 Å². The number of carbonyl (C=O) groups excluding carboxylic acids is 2. The number of nitrogens with zero attached hydrogens (tertiary/aromatic N) is 1. The van der Waals surface area contributed by atoms with Crippen LogP contribution < -0.4 is 16.4 Å². The third-order valence-corrected chi connectivity index (χ3v) is 4.87. The number of aryl methyl sites for hydroxylation is 1. The van der Waals surface area contributed by atoms with Crippen molar-refractivity contribution in [2.75, 3.05) is 18.5 Å². The number of hydrogen-bond acceptors (Lipinski definition) is 5. The lowest BCUT2D eigenvalue weighted by Gasteiger charge is -2.15. The summed E-state index contributed by atoms with van der Waals surface area (Å²) in [5, 5.41) is 5.02. The van der Waals surface area contributed by atoms with Crippen LogP contribution >= 0.6 is 0 Å². The molecular weight excluding hydrogens is 476 g/mol. The Labute approximate surface area is 208 Å². The summed E-state index contributed by atoms with van der Waals surface area (Å²) in [6, 6.07) is 1.52. The molecule has 4 N–H and O–H groups in total. The fraction of sp³-hybridized carbons (Fsp3) is 0.346. The van der Waals surface area contributed by atoms with Crippen LogP contribution in [0.2, 0.25) is 0 Å². The molecule has 0 aliphatic heterocycles. The van der Waals surface area contributed by atoms with Crippen molar-refractivity contribution >= 4 is 17.5 Å². The van der Waals surface area contributed by atoms with Gasteiger partial charge in [0.05, 0.1) is 23.5 Å².